The van der Waals surface area contributed by atoms with E-state index in [-0.39, 0.29) is 111 Å². The number of halogens is 2. The van der Waals surface area contributed by atoms with Gasteiger partial charge in [-0.1, -0.05) is 222 Å². The van der Waals surface area contributed by atoms with Crippen molar-refractivity contribution in [2.45, 2.75) is 73.1 Å². The van der Waals surface area contributed by atoms with Crippen molar-refractivity contribution < 1.29 is 137 Å². The maximum absolute atomic E-state index is 13.2. The van der Waals surface area contributed by atoms with Gasteiger partial charge in [0.2, 0.25) is 0 Å². The highest BCUT2D eigenvalue weighted by Gasteiger charge is 2.18. The van der Waals surface area contributed by atoms with E-state index in [9.17, 15) is 89.7 Å². The van der Waals surface area contributed by atoms with Crippen LogP contribution in [0.2, 0.25) is 0 Å². The fourth-order valence-electron chi connectivity index (χ4n) is 12.7. The first-order valence-corrected chi connectivity index (χ1v) is 46.9. The van der Waals surface area contributed by atoms with E-state index in [4.69, 9.17) is 42.6 Å². The first-order chi connectivity index (χ1) is 70.5. The third kappa shape index (κ3) is 43.6. The number of aliphatic hydroxyl groups excluding tert-OH is 11. The van der Waals surface area contributed by atoms with Gasteiger partial charge in [0.1, 0.15) is 34.6 Å². The molecule has 30 heteroatoms. The van der Waals surface area contributed by atoms with Crippen LogP contribution >= 0.6 is 31.9 Å². The highest BCUT2D eigenvalue weighted by atomic mass is 79.9. The van der Waals surface area contributed by atoms with Gasteiger partial charge in [0, 0.05) is 36.9 Å². The van der Waals surface area contributed by atoms with Gasteiger partial charge >= 0.3 is 11.9 Å². The van der Waals surface area contributed by atoms with Crippen molar-refractivity contribution in [2.24, 2.45) is 0 Å². The molecule has 10 aromatic carbocycles. The molecule has 0 radical (unpaired) electrons. The Kier molecular flexibility index (Phi) is 56.6. The Morgan fingerprint density at radius 1 is 0.281 bits per heavy atom. The molecule has 0 bridgehead atoms. The second kappa shape index (κ2) is 68.5. The molecule has 28 nitrogen and oxygen atoms in total. The Morgan fingerprint density at radius 2 is 0.555 bits per heavy atom. The summed E-state index contributed by atoms with van der Waals surface area (Å²) in [6.07, 6.45) is 34.5. The van der Waals surface area contributed by atoms with Gasteiger partial charge in [0.05, 0.1) is 110 Å². The summed E-state index contributed by atoms with van der Waals surface area (Å²) >= 11 is 6.23. The van der Waals surface area contributed by atoms with Crippen LogP contribution in [0.15, 0.2) is 314 Å². The number of esters is 2. The lowest BCUT2D eigenvalue weighted by molar-refractivity contribution is -0.138. The number of alkyl halides is 2. The van der Waals surface area contributed by atoms with Gasteiger partial charge < -0.3 is 104 Å². The van der Waals surface area contributed by atoms with E-state index in [1.54, 1.807) is 210 Å². The number of ketones is 5. The summed E-state index contributed by atoms with van der Waals surface area (Å²) in [6, 6.07) is 61.2. The lowest BCUT2D eigenvalue weighted by Crippen LogP contribution is -2.10. The van der Waals surface area contributed by atoms with Crippen molar-refractivity contribution in [3.8, 4) is 46.0 Å². The number of hydrogen-bond acceptors (Lipinski definition) is 28. The molecule has 766 valence electrons. The minimum atomic E-state index is -0.682. The van der Waals surface area contributed by atoms with E-state index in [2.05, 4.69) is 60.9 Å². The number of carbonyl (C=O) groups is 7. The number of ether oxygens (including phenoxy) is 10. The van der Waals surface area contributed by atoms with Gasteiger partial charge in [0.25, 0.3) is 0 Å². The van der Waals surface area contributed by atoms with Gasteiger partial charge in [-0.2, -0.15) is 0 Å². The Hall–Kier alpha value is -15.7. The molecule has 0 heterocycles. The molecule has 0 fully saturated rings. The molecular formula is C116H120Br2O28. The van der Waals surface area contributed by atoms with E-state index in [0.717, 1.165) is 70.1 Å². The van der Waals surface area contributed by atoms with Crippen LogP contribution in [0.25, 0.3) is 60.8 Å². The monoisotopic (exact) mass is 2120 g/mol. The Balaban J connectivity index is 0.000000326. The summed E-state index contributed by atoms with van der Waals surface area (Å²) < 4.78 is 50.9. The largest absolute Gasteiger partial charge is 0.508 e. The summed E-state index contributed by atoms with van der Waals surface area (Å²) in [5.41, 5.74) is 12.8. The molecule has 11 N–H and O–H groups in total. The van der Waals surface area contributed by atoms with E-state index in [0.29, 0.717) is 113 Å². The first kappa shape index (κ1) is 121. The SMILES string of the molecule is BrC/C=C/c1ccccc1.CC(=O)OCBr.COc1ccc(/C=C/C(=O)/C(=C\OC(C)=O)C(=O)/C=C/c2ccc(CO)c(CO)c2)cc1OC.COc1ccc(/C=C/C(=O)C(C/C=C/c2ccccc2)=C(O)/C=C/c2ccc(CO)c(CO)c2)cc1OC.COc1ccc(/C=C/C(=O)C=C(O)/C=C/c2ccc(CO)c(CO)c2)cc1OC.COc1ccc(/C=C/C(=O)C=C(O)/C=C/c2ccc(CO)c(CO)c2)cc1OC. The third-order valence-electron chi connectivity index (χ3n) is 20.4. The van der Waals surface area contributed by atoms with E-state index in [1.807, 2.05) is 60.7 Å². The maximum atomic E-state index is 13.2. The topological polar surface area (TPSA) is 434 Å². The van der Waals surface area contributed by atoms with Crippen molar-refractivity contribution >= 4 is 133 Å². The van der Waals surface area contributed by atoms with Crippen molar-refractivity contribution in [3.63, 3.8) is 0 Å². The summed E-state index contributed by atoms with van der Waals surface area (Å²) in [5.74, 6) is 0.454. The van der Waals surface area contributed by atoms with Crippen LogP contribution in [0, 0.1) is 0 Å². The third-order valence-corrected chi connectivity index (χ3v) is 21.0. The van der Waals surface area contributed by atoms with E-state index in [1.165, 1.54) is 95.6 Å². The predicted octanol–water partition coefficient (Wildman–Crippen LogP) is 19.7. The van der Waals surface area contributed by atoms with Crippen molar-refractivity contribution in [3.05, 3.63) is 414 Å². The molecular weight excluding hydrogens is 2000 g/mol. The summed E-state index contributed by atoms with van der Waals surface area (Å²) in [4.78, 5) is 83.7. The van der Waals surface area contributed by atoms with E-state index < -0.39 is 17.5 Å². The smallest absolute Gasteiger partial charge is 0.307 e. The van der Waals surface area contributed by atoms with Crippen molar-refractivity contribution in [2.75, 3.05) is 67.7 Å². The predicted molar refractivity (Wildman–Crippen MR) is 574 cm³/mol. The molecule has 0 amide bonds. The normalized spacial score (nSPS) is 11.7. The summed E-state index contributed by atoms with van der Waals surface area (Å²) in [6.45, 7) is 0.907. The van der Waals surface area contributed by atoms with E-state index >= 15 is 0 Å². The lowest BCUT2D eigenvalue weighted by Gasteiger charge is -2.08. The summed E-state index contributed by atoms with van der Waals surface area (Å²) in [5, 5.41) is 106. The number of carbonyl (C=O) groups excluding carboxylic acids is 7. The molecule has 0 saturated heterocycles. The van der Waals surface area contributed by atoms with Gasteiger partial charge in [-0.25, -0.2) is 0 Å². The second-order valence-corrected chi connectivity index (χ2v) is 31.4. The van der Waals surface area contributed by atoms with Crippen molar-refractivity contribution in [1.29, 1.82) is 0 Å². The number of benzene rings is 10. The number of aliphatic hydroxyl groups is 11. The van der Waals surface area contributed by atoms with Crippen LogP contribution in [-0.2, 0) is 95.9 Å². The zero-order valence-electron chi connectivity index (χ0n) is 82.3. The number of hydrogen-bond donors (Lipinski definition) is 11. The standard InChI is InChI=1S/C32H32O6.C26H26O8.2C23H24O6.C9H9Br.C3H5BrO2/c1-37-31-18-14-25(20-32(31)38-2)13-17-30(36)28(10-6-9-23-7-4-3-5-8-23)29(35)16-12-24-11-15-26(21-33)27(19-24)22-34;1-17(29)34-16-22(23(30)9-5-18-4-8-20(14-27)21(12-18)15-28)24(31)10-6-19-7-11-25(32-2)26(13-19)33-3;2*1-28-22-10-6-17(12-23(22)29-2)5-9-21(27)13-20(26)8-4-16-3-7-18(14-24)19(11-16)15-25;10-8-4-7-9-5-2-1-3-6-9;1-3(5)6-2-4/h3-9,11-20,33-35H,10,21-22H2,1-2H3;4-13,16,27-28H,14-15H2,1-3H3;2*3-13,24-26H,14-15H2,1-2H3;1-7H,8H2;2H2,1H3/b9-6+,16-12+,17-13+,29-28?;9-5+,10-6+,22-16-;2*8-4+,9-5+,20-13?;7-4+;. The molecule has 0 aromatic heterocycles. The average Bonchev–Trinajstić information content (AvgIpc) is 0.818. The van der Waals surface area contributed by atoms with Gasteiger partial charge in [-0.15, -0.1) is 0 Å². The molecule has 10 aromatic rings. The average molecular weight is 2120 g/mol. The highest BCUT2D eigenvalue weighted by Crippen LogP contribution is 2.33. The maximum Gasteiger partial charge on any atom is 0.307 e. The zero-order chi connectivity index (χ0) is 107. The zero-order valence-corrected chi connectivity index (χ0v) is 85.5. The molecule has 0 spiro atoms. The van der Waals surface area contributed by atoms with Crippen molar-refractivity contribution in [1.82, 2.24) is 0 Å². The molecule has 146 heavy (non-hydrogen) atoms. The minimum Gasteiger partial charge on any atom is -0.508 e. The van der Waals surface area contributed by atoms with Gasteiger partial charge in [-0.3, -0.25) is 33.6 Å². The van der Waals surface area contributed by atoms with Crippen LogP contribution < -0.4 is 37.9 Å². The Morgan fingerprint density at radius 3 is 0.829 bits per heavy atom. The summed E-state index contributed by atoms with van der Waals surface area (Å²) in [7, 11) is 12.2. The highest BCUT2D eigenvalue weighted by molar-refractivity contribution is 9.09. The van der Waals surface area contributed by atoms with Crippen LogP contribution in [0.4, 0.5) is 0 Å². The Bertz CT molecular complexity index is 6170. The second-order valence-electron chi connectivity index (χ2n) is 30.3. The fourth-order valence-corrected chi connectivity index (χ4v) is 13.2. The number of rotatable bonds is 44. The van der Waals surface area contributed by atoms with Crippen LogP contribution in [0.3, 0.4) is 0 Å². The quantitative estimate of drug-likeness (QED) is 0.00321. The molecule has 0 aliphatic heterocycles. The van der Waals surface area contributed by atoms with Crippen LogP contribution in [0.1, 0.15) is 120 Å². The molecule has 0 saturated carbocycles. The lowest BCUT2D eigenvalue weighted by atomic mass is 10.0. The fraction of sp³-hybridized carbons (Fsp3) is 0.181. The minimum absolute atomic E-state index is 0.161. The molecule has 0 atom stereocenters. The number of allylic oxidation sites excluding steroid dienone is 14. The van der Waals surface area contributed by atoms with Gasteiger partial charge in [0.15, 0.2) is 74.9 Å². The first-order valence-electron chi connectivity index (χ1n) is 44.7. The van der Waals surface area contributed by atoms with Gasteiger partial charge in [-0.05, 0) is 244 Å². The van der Waals surface area contributed by atoms with Crippen LogP contribution in [0.5, 0.6) is 46.0 Å². The molecule has 0 unspecified atom stereocenters. The molecule has 10 rings (SSSR count). The Labute approximate surface area is 865 Å². The van der Waals surface area contributed by atoms with Crippen LogP contribution in [-0.4, -0.2) is 165 Å². The molecule has 0 aliphatic carbocycles. The number of methoxy groups -OCH3 is 8. The molecule has 0 aliphatic rings.